The highest BCUT2D eigenvalue weighted by Crippen LogP contribution is 2.27. The highest BCUT2D eigenvalue weighted by Gasteiger charge is 2.18. The van der Waals surface area contributed by atoms with Crippen molar-refractivity contribution < 1.29 is 19.0 Å². The average molecular weight is 239 g/mol. The summed E-state index contributed by atoms with van der Waals surface area (Å²) in [4.78, 5) is 10.9. The molecule has 0 saturated carbocycles. The van der Waals surface area contributed by atoms with Crippen LogP contribution in [0.1, 0.15) is 23.2 Å². The number of aromatic carboxylic acids is 1. The molecule has 0 amide bonds. The lowest BCUT2D eigenvalue weighted by Crippen LogP contribution is -2.09. The zero-order valence-electron chi connectivity index (χ0n) is 9.28. The summed E-state index contributed by atoms with van der Waals surface area (Å²) in [6, 6.07) is 2.35. The van der Waals surface area contributed by atoms with E-state index in [1.807, 2.05) is 0 Å². The number of carbonyl (C=O) groups is 1. The highest BCUT2D eigenvalue weighted by molar-refractivity contribution is 5.96. The van der Waals surface area contributed by atoms with Gasteiger partial charge in [0.05, 0.1) is 12.3 Å². The molecule has 0 fully saturated rings. The second-order valence-corrected chi connectivity index (χ2v) is 3.42. The lowest BCUT2D eigenvalue weighted by molar-refractivity contribution is 0.0693. The predicted octanol–water partition coefficient (Wildman–Crippen LogP) is 2.45. The van der Waals surface area contributed by atoms with Crippen LogP contribution in [0.25, 0.3) is 0 Å². The minimum absolute atomic E-state index is 0.0838. The number of rotatable bonds is 6. The van der Waals surface area contributed by atoms with Gasteiger partial charge in [0, 0.05) is 0 Å². The van der Waals surface area contributed by atoms with E-state index in [1.165, 1.54) is 6.07 Å². The van der Waals surface area contributed by atoms with E-state index in [9.17, 15) is 9.18 Å². The molecule has 0 atom stereocenters. The first-order valence-electron chi connectivity index (χ1n) is 5.13. The Balaban J connectivity index is 2.87. The number of carboxylic acid groups (broad SMARTS) is 1. The molecule has 92 valence electrons. The van der Waals surface area contributed by atoms with E-state index in [-0.39, 0.29) is 11.3 Å². The van der Waals surface area contributed by atoms with Gasteiger partial charge in [-0.05, 0) is 25.0 Å². The summed E-state index contributed by atoms with van der Waals surface area (Å²) >= 11 is 0. The summed E-state index contributed by atoms with van der Waals surface area (Å²) in [5.74, 6) is -1.98. The van der Waals surface area contributed by atoms with Gasteiger partial charge in [0.1, 0.15) is 17.1 Å². The van der Waals surface area contributed by atoms with E-state index < -0.39 is 17.5 Å². The number of allylic oxidation sites excluding steroid dienone is 1. The summed E-state index contributed by atoms with van der Waals surface area (Å²) < 4.78 is 18.4. The van der Waals surface area contributed by atoms with Gasteiger partial charge in [0.2, 0.25) is 0 Å². The average Bonchev–Trinajstić information content (AvgIpc) is 2.28. The monoisotopic (exact) mass is 239 g/mol. The van der Waals surface area contributed by atoms with Crippen LogP contribution in [0.4, 0.5) is 10.1 Å². The fourth-order valence-corrected chi connectivity index (χ4v) is 1.32. The molecule has 1 rings (SSSR count). The Morgan fingerprint density at radius 3 is 2.88 bits per heavy atom. The number of hydrogen-bond donors (Lipinski definition) is 2. The van der Waals surface area contributed by atoms with Gasteiger partial charge in [0.25, 0.3) is 0 Å². The first-order chi connectivity index (χ1) is 8.07. The van der Waals surface area contributed by atoms with Gasteiger partial charge in [-0.1, -0.05) is 6.08 Å². The maximum absolute atomic E-state index is 13.1. The van der Waals surface area contributed by atoms with Gasteiger partial charge in [-0.15, -0.1) is 6.58 Å². The van der Waals surface area contributed by atoms with E-state index in [1.54, 1.807) is 6.08 Å². The Kier molecular flexibility index (Phi) is 4.51. The third-order valence-electron chi connectivity index (χ3n) is 2.18. The molecule has 3 N–H and O–H groups in total. The standard InChI is InChI=1S/C12H14FNO3/c1-2-3-4-7-17-9-6-5-8(13)11(14)10(9)12(15)16/h2,5-6H,1,3-4,7,14H2,(H,15,16). The summed E-state index contributed by atoms with van der Waals surface area (Å²) in [6.07, 6.45) is 3.21. The quantitative estimate of drug-likeness (QED) is 0.454. The van der Waals surface area contributed by atoms with E-state index in [4.69, 9.17) is 15.6 Å². The lowest BCUT2D eigenvalue weighted by Gasteiger charge is -2.10. The van der Waals surface area contributed by atoms with Crippen molar-refractivity contribution in [2.45, 2.75) is 12.8 Å². The molecule has 0 aliphatic heterocycles. The number of hydrogen-bond acceptors (Lipinski definition) is 3. The fourth-order valence-electron chi connectivity index (χ4n) is 1.32. The number of nitrogen functional groups attached to an aromatic ring is 1. The number of benzene rings is 1. The van der Waals surface area contributed by atoms with Crippen LogP contribution in [0, 0.1) is 5.82 Å². The van der Waals surface area contributed by atoms with Gasteiger partial charge in [-0.3, -0.25) is 0 Å². The maximum atomic E-state index is 13.1. The first-order valence-corrected chi connectivity index (χ1v) is 5.13. The lowest BCUT2D eigenvalue weighted by atomic mass is 10.1. The highest BCUT2D eigenvalue weighted by atomic mass is 19.1. The van der Waals surface area contributed by atoms with Gasteiger partial charge in [-0.25, -0.2) is 9.18 Å². The van der Waals surface area contributed by atoms with Crippen molar-refractivity contribution in [1.82, 2.24) is 0 Å². The Labute approximate surface area is 98.5 Å². The number of nitrogens with two attached hydrogens (primary N) is 1. The zero-order chi connectivity index (χ0) is 12.8. The van der Waals surface area contributed by atoms with Crippen LogP contribution in [-0.4, -0.2) is 17.7 Å². The van der Waals surface area contributed by atoms with Crippen LogP contribution in [0.5, 0.6) is 5.75 Å². The van der Waals surface area contributed by atoms with Crippen LogP contribution in [0.15, 0.2) is 24.8 Å². The second kappa shape index (κ2) is 5.89. The number of unbranched alkanes of at least 4 members (excludes halogenated alkanes) is 1. The number of ether oxygens (including phenoxy) is 1. The minimum atomic E-state index is -1.30. The van der Waals surface area contributed by atoms with Crippen LogP contribution in [0.3, 0.4) is 0 Å². The second-order valence-electron chi connectivity index (χ2n) is 3.42. The minimum Gasteiger partial charge on any atom is -0.493 e. The SMILES string of the molecule is C=CCCCOc1ccc(F)c(N)c1C(=O)O. The summed E-state index contributed by atoms with van der Waals surface area (Å²) in [6.45, 7) is 3.89. The molecule has 5 heteroatoms. The number of halogens is 1. The molecule has 0 aromatic heterocycles. The normalized spacial score (nSPS) is 9.94. The van der Waals surface area contributed by atoms with Crippen molar-refractivity contribution in [3.05, 3.63) is 36.2 Å². The van der Waals surface area contributed by atoms with Crippen molar-refractivity contribution >= 4 is 11.7 Å². The molecule has 0 spiro atoms. The van der Waals surface area contributed by atoms with Gasteiger partial charge in [0.15, 0.2) is 0 Å². The topological polar surface area (TPSA) is 72.5 Å². The molecule has 1 aromatic rings. The van der Waals surface area contributed by atoms with Crippen molar-refractivity contribution in [2.75, 3.05) is 12.3 Å². The van der Waals surface area contributed by atoms with E-state index in [0.717, 1.165) is 12.5 Å². The first kappa shape index (κ1) is 13.0. The van der Waals surface area contributed by atoms with E-state index >= 15 is 0 Å². The molecule has 0 unspecified atom stereocenters. The Morgan fingerprint density at radius 1 is 1.59 bits per heavy atom. The van der Waals surface area contributed by atoms with Crippen LogP contribution in [0.2, 0.25) is 0 Å². The van der Waals surface area contributed by atoms with Crippen LogP contribution < -0.4 is 10.5 Å². The summed E-state index contributed by atoms with van der Waals surface area (Å²) in [5.41, 5.74) is 4.63. The molecule has 4 nitrogen and oxygen atoms in total. The molecule has 0 radical (unpaired) electrons. The van der Waals surface area contributed by atoms with Gasteiger partial charge >= 0.3 is 5.97 Å². The van der Waals surface area contributed by atoms with Crippen LogP contribution >= 0.6 is 0 Å². The largest absolute Gasteiger partial charge is 0.493 e. The van der Waals surface area contributed by atoms with Gasteiger partial charge in [-0.2, -0.15) is 0 Å². The number of carboxylic acids is 1. The third kappa shape index (κ3) is 3.21. The van der Waals surface area contributed by atoms with Gasteiger partial charge < -0.3 is 15.6 Å². The van der Waals surface area contributed by atoms with Crippen LogP contribution in [-0.2, 0) is 0 Å². The van der Waals surface area contributed by atoms with Crippen molar-refractivity contribution in [1.29, 1.82) is 0 Å². The van der Waals surface area contributed by atoms with Crippen molar-refractivity contribution in [3.63, 3.8) is 0 Å². The molecule has 0 aliphatic rings. The predicted molar refractivity (Wildman–Crippen MR) is 62.7 cm³/mol. The van der Waals surface area contributed by atoms with E-state index in [2.05, 4.69) is 6.58 Å². The van der Waals surface area contributed by atoms with Crippen molar-refractivity contribution in [2.24, 2.45) is 0 Å². The zero-order valence-corrected chi connectivity index (χ0v) is 9.28. The number of anilines is 1. The Bertz CT molecular complexity index is 432. The molecule has 0 aliphatic carbocycles. The van der Waals surface area contributed by atoms with E-state index in [0.29, 0.717) is 13.0 Å². The Hall–Kier alpha value is -2.04. The molecular weight excluding hydrogens is 225 g/mol. The molecule has 0 heterocycles. The Morgan fingerprint density at radius 2 is 2.29 bits per heavy atom. The fraction of sp³-hybridized carbons (Fsp3) is 0.250. The third-order valence-corrected chi connectivity index (χ3v) is 2.18. The van der Waals surface area contributed by atoms with Crippen molar-refractivity contribution in [3.8, 4) is 5.75 Å². The molecule has 17 heavy (non-hydrogen) atoms. The molecular formula is C12H14FNO3. The smallest absolute Gasteiger partial charge is 0.341 e. The summed E-state index contributed by atoms with van der Waals surface area (Å²) in [5, 5.41) is 8.93. The summed E-state index contributed by atoms with van der Waals surface area (Å²) in [7, 11) is 0. The molecule has 0 bridgehead atoms. The molecule has 0 saturated heterocycles. The maximum Gasteiger partial charge on any atom is 0.341 e. The molecule has 1 aromatic carbocycles.